The number of ether oxygens (including phenoxy) is 1. The molecule has 2 rings (SSSR count). The first-order chi connectivity index (χ1) is 11.2. The molecule has 0 radical (unpaired) electrons. The second-order valence-corrected chi connectivity index (χ2v) is 7.34. The standard InChI is InChI=1S/C16H21BrFN3O3/c1-16(2,3)24-15(23)21-9-7-20(8-10-21)14(22)19-13-11(17)5-4-6-12(13)18/h4-6H,7-10H2,1-3H3,(H,19,22). The molecule has 1 aliphatic rings. The summed E-state index contributed by atoms with van der Waals surface area (Å²) in [6.07, 6.45) is -0.389. The van der Waals surface area contributed by atoms with E-state index in [4.69, 9.17) is 4.74 Å². The fraction of sp³-hybridized carbons (Fsp3) is 0.500. The maximum atomic E-state index is 13.8. The van der Waals surface area contributed by atoms with Crippen molar-refractivity contribution in [2.75, 3.05) is 31.5 Å². The molecule has 6 nitrogen and oxygen atoms in total. The number of para-hydroxylation sites is 1. The Bertz CT molecular complexity index is 605. The van der Waals surface area contributed by atoms with Crippen LogP contribution in [0.25, 0.3) is 0 Å². The van der Waals surface area contributed by atoms with Crippen LogP contribution >= 0.6 is 15.9 Å². The summed E-state index contributed by atoms with van der Waals surface area (Å²) >= 11 is 3.21. The van der Waals surface area contributed by atoms with Gasteiger partial charge in [-0.1, -0.05) is 6.07 Å². The van der Waals surface area contributed by atoms with E-state index in [1.165, 1.54) is 6.07 Å². The zero-order valence-electron chi connectivity index (χ0n) is 13.9. The van der Waals surface area contributed by atoms with Gasteiger partial charge in [-0.15, -0.1) is 0 Å². The van der Waals surface area contributed by atoms with Crippen molar-refractivity contribution in [3.63, 3.8) is 0 Å². The maximum Gasteiger partial charge on any atom is 0.410 e. The number of nitrogens with one attached hydrogen (secondary N) is 1. The lowest BCUT2D eigenvalue weighted by Crippen LogP contribution is -2.52. The van der Waals surface area contributed by atoms with Gasteiger partial charge in [0.25, 0.3) is 0 Å². The van der Waals surface area contributed by atoms with Gasteiger partial charge in [-0.3, -0.25) is 0 Å². The molecule has 24 heavy (non-hydrogen) atoms. The Hall–Kier alpha value is -1.83. The second kappa shape index (κ2) is 7.38. The highest BCUT2D eigenvalue weighted by Crippen LogP contribution is 2.25. The van der Waals surface area contributed by atoms with Crippen LogP contribution in [0.15, 0.2) is 22.7 Å². The minimum Gasteiger partial charge on any atom is -0.444 e. The van der Waals surface area contributed by atoms with E-state index in [0.717, 1.165) is 0 Å². The minimum atomic E-state index is -0.553. The Kier molecular flexibility index (Phi) is 5.69. The van der Waals surface area contributed by atoms with Crippen LogP contribution in [-0.4, -0.2) is 53.7 Å². The topological polar surface area (TPSA) is 61.9 Å². The molecule has 0 saturated carbocycles. The van der Waals surface area contributed by atoms with Crippen LogP contribution < -0.4 is 5.32 Å². The Labute approximate surface area is 149 Å². The number of hydrogen-bond donors (Lipinski definition) is 1. The summed E-state index contributed by atoms with van der Waals surface area (Å²) in [7, 11) is 0. The molecular weight excluding hydrogens is 381 g/mol. The fourth-order valence-corrected chi connectivity index (χ4v) is 2.66. The van der Waals surface area contributed by atoms with Crippen molar-refractivity contribution in [2.45, 2.75) is 26.4 Å². The number of halogens is 2. The lowest BCUT2D eigenvalue weighted by molar-refractivity contribution is 0.0174. The molecule has 1 N–H and O–H groups in total. The molecule has 1 heterocycles. The summed E-state index contributed by atoms with van der Waals surface area (Å²) in [5.41, 5.74) is -0.444. The summed E-state index contributed by atoms with van der Waals surface area (Å²) < 4.78 is 19.6. The Morgan fingerprint density at radius 3 is 2.29 bits per heavy atom. The van der Waals surface area contributed by atoms with Gasteiger partial charge < -0.3 is 19.9 Å². The molecule has 1 aromatic rings. The van der Waals surface area contributed by atoms with Crippen LogP contribution in [0.3, 0.4) is 0 Å². The first kappa shape index (κ1) is 18.5. The summed E-state index contributed by atoms with van der Waals surface area (Å²) in [5.74, 6) is -0.509. The first-order valence-electron chi connectivity index (χ1n) is 7.65. The van der Waals surface area contributed by atoms with Crippen LogP contribution in [0.1, 0.15) is 20.8 Å². The lowest BCUT2D eigenvalue weighted by atomic mass is 10.2. The van der Waals surface area contributed by atoms with Crippen molar-refractivity contribution in [2.24, 2.45) is 0 Å². The number of urea groups is 1. The third kappa shape index (κ3) is 4.83. The van der Waals surface area contributed by atoms with Crippen molar-refractivity contribution >= 4 is 33.7 Å². The van der Waals surface area contributed by atoms with Crippen LogP contribution in [0.2, 0.25) is 0 Å². The molecule has 1 saturated heterocycles. The van der Waals surface area contributed by atoms with E-state index in [-0.39, 0.29) is 11.8 Å². The highest BCUT2D eigenvalue weighted by Gasteiger charge is 2.28. The molecule has 1 aliphatic heterocycles. The average molecular weight is 402 g/mol. The zero-order chi connectivity index (χ0) is 17.9. The third-order valence-corrected chi connectivity index (χ3v) is 4.07. The van der Waals surface area contributed by atoms with E-state index in [2.05, 4.69) is 21.2 Å². The largest absolute Gasteiger partial charge is 0.444 e. The van der Waals surface area contributed by atoms with Gasteiger partial charge in [0.1, 0.15) is 11.4 Å². The molecule has 0 unspecified atom stereocenters. The molecule has 1 aromatic carbocycles. The van der Waals surface area contributed by atoms with Crippen molar-refractivity contribution < 1.29 is 18.7 Å². The average Bonchev–Trinajstić information content (AvgIpc) is 2.49. The molecule has 132 valence electrons. The van der Waals surface area contributed by atoms with Gasteiger partial charge in [-0.25, -0.2) is 14.0 Å². The number of carbonyl (C=O) groups is 2. The molecule has 8 heteroatoms. The van der Waals surface area contributed by atoms with Crippen molar-refractivity contribution in [3.05, 3.63) is 28.5 Å². The van der Waals surface area contributed by atoms with Gasteiger partial charge in [0, 0.05) is 30.7 Å². The Balaban J connectivity index is 1.90. The molecular formula is C16H21BrFN3O3. The fourth-order valence-electron chi connectivity index (χ4n) is 2.22. The maximum absolute atomic E-state index is 13.8. The van der Waals surface area contributed by atoms with E-state index < -0.39 is 17.4 Å². The van der Waals surface area contributed by atoms with E-state index in [9.17, 15) is 14.0 Å². The number of amides is 3. The van der Waals surface area contributed by atoms with Crippen LogP contribution in [0.5, 0.6) is 0 Å². The third-order valence-electron chi connectivity index (χ3n) is 3.41. The quantitative estimate of drug-likeness (QED) is 0.780. The molecule has 0 atom stereocenters. The van der Waals surface area contributed by atoms with Gasteiger partial charge >= 0.3 is 12.1 Å². The van der Waals surface area contributed by atoms with Crippen molar-refractivity contribution in [1.82, 2.24) is 9.80 Å². The highest BCUT2D eigenvalue weighted by atomic mass is 79.9. The van der Waals surface area contributed by atoms with Crippen LogP contribution in [0, 0.1) is 5.82 Å². The zero-order valence-corrected chi connectivity index (χ0v) is 15.5. The number of carbonyl (C=O) groups excluding carboxylic acids is 2. The van der Waals surface area contributed by atoms with E-state index in [1.54, 1.807) is 42.7 Å². The Morgan fingerprint density at radius 1 is 1.17 bits per heavy atom. The smallest absolute Gasteiger partial charge is 0.410 e. The number of rotatable bonds is 1. The molecule has 3 amide bonds. The monoisotopic (exact) mass is 401 g/mol. The molecule has 0 spiro atoms. The molecule has 0 bridgehead atoms. The molecule has 1 fully saturated rings. The van der Waals surface area contributed by atoms with E-state index in [1.807, 2.05) is 0 Å². The second-order valence-electron chi connectivity index (χ2n) is 6.48. The number of piperazine rings is 1. The number of benzene rings is 1. The van der Waals surface area contributed by atoms with Gasteiger partial charge in [0.05, 0.1) is 5.69 Å². The lowest BCUT2D eigenvalue weighted by Gasteiger charge is -2.35. The molecule has 0 aromatic heterocycles. The van der Waals surface area contributed by atoms with Crippen LogP contribution in [0.4, 0.5) is 19.7 Å². The number of anilines is 1. The highest BCUT2D eigenvalue weighted by molar-refractivity contribution is 9.10. The summed E-state index contributed by atoms with van der Waals surface area (Å²) in [5, 5.41) is 2.56. The van der Waals surface area contributed by atoms with Gasteiger partial charge in [-0.2, -0.15) is 0 Å². The normalized spacial score (nSPS) is 15.2. The summed E-state index contributed by atoms with van der Waals surface area (Å²) in [6, 6.07) is 4.08. The predicted molar refractivity (Wildman–Crippen MR) is 92.5 cm³/mol. The van der Waals surface area contributed by atoms with Gasteiger partial charge in [-0.05, 0) is 48.8 Å². The summed E-state index contributed by atoms with van der Waals surface area (Å²) in [4.78, 5) is 27.4. The van der Waals surface area contributed by atoms with Gasteiger partial charge in [0.2, 0.25) is 0 Å². The Morgan fingerprint density at radius 2 is 1.75 bits per heavy atom. The van der Waals surface area contributed by atoms with Gasteiger partial charge in [0.15, 0.2) is 0 Å². The van der Waals surface area contributed by atoms with Crippen LogP contribution in [-0.2, 0) is 4.74 Å². The summed E-state index contributed by atoms with van der Waals surface area (Å²) in [6.45, 7) is 6.89. The number of hydrogen-bond acceptors (Lipinski definition) is 3. The molecule has 0 aliphatic carbocycles. The number of nitrogens with zero attached hydrogens (tertiary/aromatic N) is 2. The van der Waals surface area contributed by atoms with E-state index in [0.29, 0.717) is 30.7 Å². The SMILES string of the molecule is CC(C)(C)OC(=O)N1CCN(C(=O)Nc2c(F)cccc2Br)CC1. The van der Waals surface area contributed by atoms with Crippen molar-refractivity contribution in [3.8, 4) is 0 Å². The predicted octanol–water partition coefficient (Wildman–Crippen LogP) is 3.67. The van der Waals surface area contributed by atoms with E-state index >= 15 is 0 Å². The minimum absolute atomic E-state index is 0.108. The first-order valence-corrected chi connectivity index (χ1v) is 8.44. The van der Waals surface area contributed by atoms with Crippen molar-refractivity contribution in [1.29, 1.82) is 0 Å².